The average Bonchev–Trinajstić information content (AvgIpc) is 3.27. The van der Waals surface area contributed by atoms with Crippen molar-refractivity contribution in [2.24, 2.45) is 0 Å². The van der Waals surface area contributed by atoms with Crippen molar-refractivity contribution in [3.05, 3.63) is 76.9 Å². The molecule has 0 unspecified atom stereocenters. The molecular weight excluding hydrogens is 410 g/mol. The van der Waals surface area contributed by atoms with E-state index >= 15 is 0 Å². The summed E-state index contributed by atoms with van der Waals surface area (Å²) in [4.78, 5) is 28.8. The Bertz CT molecular complexity index is 1180. The third-order valence-corrected chi connectivity index (χ3v) is 4.82. The summed E-state index contributed by atoms with van der Waals surface area (Å²) in [5.74, 6) is 1.87. The molecule has 0 fully saturated rings. The van der Waals surface area contributed by atoms with Crippen LogP contribution in [-0.4, -0.2) is 35.4 Å². The molecule has 8 heteroatoms. The molecule has 0 saturated carbocycles. The van der Waals surface area contributed by atoms with Gasteiger partial charge in [-0.25, -0.2) is 4.98 Å². The van der Waals surface area contributed by atoms with Gasteiger partial charge in [0.2, 0.25) is 12.7 Å². The van der Waals surface area contributed by atoms with E-state index in [-0.39, 0.29) is 18.3 Å². The van der Waals surface area contributed by atoms with E-state index in [1.54, 1.807) is 12.1 Å². The molecule has 0 saturated heterocycles. The maximum atomic E-state index is 12.4. The molecule has 3 aromatic rings. The Labute approximate surface area is 185 Å². The maximum Gasteiger partial charge on any atom is 0.253 e. The SMILES string of the molecule is CCOc1ccc(-c2cc(=O)n(CCNC(=O)/C=C/c3ccc4c(c3)OCO4)cn2)cc1. The lowest BCUT2D eigenvalue weighted by Gasteiger charge is -2.08. The van der Waals surface area contributed by atoms with Gasteiger partial charge in [0.15, 0.2) is 11.5 Å². The van der Waals surface area contributed by atoms with Crippen molar-refractivity contribution in [3.63, 3.8) is 0 Å². The fraction of sp³-hybridized carbons (Fsp3) is 0.208. The van der Waals surface area contributed by atoms with Gasteiger partial charge in [0.25, 0.3) is 5.56 Å². The summed E-state index contributed by atoms with van der Waals surface area (Å²) in [5, 5.41) is 2.76. The molecule has 1 N–H and O–H groups in total. The fourth-order valence-corrected chi connectivity index (χ4v) is 3.19. The molecule has 1 aromatic heterocycles. The number of rotatable bonds is 8. The minimum Gasteiger partial charge on any atom is -0.494 e. The Kier molecular flexibility index (Phi) is 6.50. The van der Waals surface area contributed by atoms with Crippen LogP contribution in [0.25, 0.3) is 17.3 Å². The number of aromatic nitrogens is 2. The van der Waals surface area contributed by atoms with E-state index in [0.29, 0.717) is 36.9 Å². The normalized spacial score (nSPS) is 12.2. The second-order valence-corrected chi connectivity index (χ2v) is 7.00. The van der Waals surface area contributed by atoms with Gasteiger partial charge in [0.05, 0.1) is 18.6 Å². The van der Waals surface area contributed by atoms with Crippen molar-refractivity contribution in [1.82, 2.24) is 14.9 Å². The molecule has 0 bridgehead atoms. The van der Waals surface area contributed by atoms with Gasteiger partial charge in [0, 0.05) is 30.8 Å². The molecule has 0 atom stereocenters. The summed E-state index contributed by atoms with van der Waals surface area (Å²) in [6, 6.07) is 14.4. The summed E-state index contributed by atoms with van der Waals surface area (Å²) < 4.78 is 17.5. The number of hydrogen-bond donors (Lipinski definition) is 1. The standard InChI is InChI=1S/C24H23N3O5/c1-2-30-19-7-5-18(6-8-19)20-14-24(29)27(15-26-20)12-11-25-23(28)10-4-17-3-9-21-22(13-17)32-16-31-21/h3-10,13-15H,2,11-12,16H2,1H3,(H,25,28)/b10-4+. The Hall–Kier alpha value is -4.07. The second-order valence-electron chi connectivity index (χ2n) is 7.00. The topological polar surface area (TPSA) is 91.7 Å². The molecule has 32 heavy (non-hydrogen) atoms. The number of carbonyl (C=O) groups excluding carboxylic acids is 1. The van der Waals surface area contributed by atoms with Crippen LogP contribution in [-0.2, 0) is 11.3 Å². The number of nitrogens with zero attached hydrogens (tertiary/aromatic N) is 2. The van der Waals surface area contributed by atoms with Crippen molar-refractivity contribution in [3.8, 4) is 28.5 Å². The fourth-order valence-electron chi connectivity index (χ4n) is 3.19. The Morgan fingerprint density at radius 1 is 1.16 bits per heavy atom. The maximum absolute atomic E-state index is 12.4. The van der Waals surface area contributed by atoms with E-state index in [1.165, 1.54) is 23.0 Å². The zero-order valence-corrected chi connectivity index (χ0v) is 17.6. The first-order valence-corrected chi connectivity index (χ1v) is 10.3. The van der Waals surface area contributed by atoms with Crippen LogP contribution in [0.2, 0.25) is 0 Å². The van der Waals surface area contributed by atoms with Gasteiger partial charge < -0.3 is 19.5 Å². The summed E-state index contributed by atoms with van der Waals surface area (Å²) in [5.41, 5.74) is 2.06. The van der Waals surface area contributed by atoms with Crippen LogP contribution < -0.4 is 25.1 Å². The lowest BCUT2D eigenvalue weighted by atomic mass is 10.1. The predicted molar refractivity (Wildman–Crippen MR) is 120 cm³/mol. The number of hydrogen-bond acceptors (Lipinski definition) is 6. The zero-order chi connectivity index (χ0) is 22.3. The Morgan fingerprint density at radius 2 is 1.97 bits per heavy atom. The van der Waals surface area contributed by atoms with Gasteiger partial charge >= 0.3 is 0 Å². The smallest absolute Gasteiger partial charge is 0.253 e. The van der Waals surface area contributed by atoms with E-state index in [4.69, 9.17) is 14.2 Å². The first-order valence-electron chi connectivity index (χ1n) is 10.3. The largest absolute Gasteiger partial charge is 0.494 e. The number of nitrogens with one attached hydrogen (secondary N) is 1. The summed E-state index contributed by atoms with van der Waals surface area (Å²) in [6.45, 7) is 3.34. The number of fused-ring (bicyclic) bond motifs is 1. The predicted octanol–water partition coefficient (Wildman–Crippen LogP) is 2.87. The monoisotopic (exact) mass is 433 g/mol. The average molecular weight is 433 g/mol. The van der Waals surface area contributed by atoms with Crippen molar-refractivity contribution in [2.45, 2.75) is 13.5 Å². The second kappa shape index (κ2) is 9.82. The van der Waals surface area contributed by atoms with E-state index in [0.717, 1.165) is 16.9 Å². The van der Waals surface area contributed by atoms with Gasteiger partial charge in [-0.1, -0.05) is 6.07 Å². The van der Waals surface area contributed by atoms with Gasteiger partial charge in [-0.15, -0.1) is 0 Å². The van der Waals surface area contributed by atoms with Gasteiger partial charge in [0.1, 0.15) is 5.75 Å². The van der Waals surface area contributed by atoms with E-state index in [1.807, 2.05) is 43.3 Å². The van der Waals surface area contributed by atoms with Gasteiger partial charge in [-0.05, 0) is 55.0 Å². The van der Waals surface area contributed by atoms with Crippen LogP contribution in [0.5, 0.6) is 17.2 Å². The molecule has 0 aliphatic carbocycles. The number of ether oxygens (including phenoxy) is 3. The van der Waals surface area contributed by atoms with Crippen LogP contribution in [0.1, 0.15) is 12.5 Å². The molecule has 1 aliphatic rings. The first-order chi connectivity index (χ1) is 15.6. The number of amides is 1. The van der Waals surface area contributed by atoms with Crippen molar-refractivity contribution < 1.29 is 19.0 Å². The first kappa shape index (κ1) is 21.2. The minimum atomic E-state index is -0.255. The lowest BCUT2D eigenvalue weighted by Crippen LogP contribution is -2.29. The van der Waals surface area contributed by atoms with Crippen LogP contribution >= 0.6 is 0 Å². The molecule has 2 aromatic carbocycles. The highest BCUT2D eigenvalue weighted by atomic mass is 16.7. The van der Waals surface area contributed by atoms with Crippen molar-refractivity contribution >= 4 is 12.0 Å². The van der Waals surface area contributed by atoms with Crippen molar-refractivity contribution in [2.75, 3.05) is 19.9 Å². The molecule has 8 nitrogen and oxygen atoms in total. The Balaban J connectivity index is 1.30. The summed E-state index contributed by atoms with van der Waals surface area (Å²) in [6.07, 6.45) is 4.62. The molecule has 0 spiro atoms. The highest BCUT2D eigenvalue weighted by Crippen LogP contribution is 2.32. The van der Waals surface area contributed by atoms with Crippen LogP contribution in [0, 0.1) is 0 Å². The van der Waals surface area contributed by atoms with Crippen LogP contribution in [0.4, 0.5) is 0 Å². The third kappa shape index (κ3) is 5.15. The highest BCUT2D eigenvalue weighted by molar-refractivity contribution is 5.91. The summed E-state index contributed by atoms with van der Waals surface area (Å²) in [7, 11) is 0. The van der Waals surface area contributed by atoms with E-state index in [2.05, 4.69) is 10.3 Å². The highest BCUT2D eigenvalue weighted by Gasteiger charge is 2.12. The van der Waals surface area contributed by atoms with Crippen LogP contribution in [0.3, 0.4) is 0 Å². The molecule has 2 heterocycles. The van der Waals surface area contributed by atoms with Crippen molar-refractivity contribution in [1.29, 1.82) is 0 Å². The minimum absolute atomic E-state index is 0.186. The summed E-state index contributed by atoms with van der Waals surface area (Å²) >= 11 is 0. The third-order valence-electron chi connectivity index (χ3n) is 4.82. The lowest BCUT2D eigenvalue weighted by molar-refractivity contribution is -0.116. The zero-order valence-electron chi connectivity index (χ0n) is 17.6. The van der Waals surface area contributed by atoms with Crippen LogP contribution in [0.15, 0.2) is 65.7 Å². The number of carbonyl (C=O) groups is 1. The number of benzene rings is 2. The van der Waals surface area contributed by atoms with Gasteiger partial charge in [-0.2, -0.15) is 0 Å². The van der Waals surface area contributed by atoms with Gasteiger partial charge in [-0.3, -0.25) is 14.2 Å². The molecule has 0 radical (unpaired) electrons. The Morgan fingerprint density at radius 3 is 2.75 bits per heavy atom. The molecule has 1 amide bonds. The van der Waals surface area contributed by atoms with E-state index in [9.17, 15) is 9.59 Å². The van der Waals surface area contributed by atoms with E-state index < -0.39 is 0 Å². The quantitative estimate of drug-likeness (QED) is 0.550. The molecular formula is C24H23N3O5. The molecule has 4 rings (SSSR count). The molecule has 1 aliphatic heterocycles. The molecule has 164 valence electrons.